The fourth-order valence-corrected chi connectivity index (χ4v) is 3.95. The summed E-state index contributed by atoms with van der Waals surface area (Å²) in [7, 11) is 0. The Morgan fingerprint density at radius 1 is 1.23 bits per heavy atom. The summed E-state index contributed by atoms with van der Waals surface area (Å²) in [6, 6.07) is 5.40. The molecule has 2 aliphatic heterocycles. The van der Waals surface area contributed by atoms with Crippen LogP contribution < -0.4 is 9.47 Å². The van der Waals surface area contributed by atoms with Gasteiger partial charge in [0.15, 0.2) is 11.5 Å². The normalized spacial score (nSPS) is 19.1. The van der Waals surface area contributed by atoms with E-state index >= 15 is 0 Å². The van der Waals surface area contributed by atoms with Gasteiger partial charge in [-0.1, -0.05) is 13.0 Å². The largest absolute Gasteiger partial charge is 0.490 e. The molecule has 31 heavy (non-hydrogen) atoms. The quantitative estimate of drug-likeness (QED) is 0.565. The number of amides is 3. The minimum absolute atomic E-state index is 0.0468. The van der Waals surface area contributed by atoms with Crippen molar-refractivity contribution in [3.05, 3.63) is 28.7 Å². The number of benzene rings is 1. The number of rotatable bonds is 8. The molecule has 1 unspecified atom stereocenters. The van der Waals surface area contributed by atoms with E-state index in [1.807, 2.05) is 26.8 Å². The average Bonchev–Trinajstić information content (AvgIpc) is 3.03. The Morgan fingerprint density at radius 2 is 1.97 bits per heavy atom. The zero-order valence-corrected chi connectivity index (χ0v) is 18.9. The third-order valence-corrected chi connectivity index (χ3v) is 5.91. The highest BCUT2D eigenvalue weighted by Gasteiger charge is 2.37. The minimum atomic E-state index is -0.463. The molecule has 0 saturated carbocycles. The van der Waals surface area contributed by atoms with Gasteiger partial charge in [0.2, 0.25) is 5.91 Å². The van der Waals surface area contributed by atoms with Crippen molar-refractivity contribution in [2.45, 2.75) is 33.3 Å². The molecule has 1 atom stereocenters. The van der Waals surface area contributed by atoms with Crippen LogP contribution in [0.4, 0.5) is 4.79 Å². The molecule has 8 nitrogen and oxygen atoms in total. The number of hydrogen-bond donors (Lipinski definition) is 0. The van der Waals surface area contributed by atoms with Gasteiger partial charge in [-0.2, -0.15) is 0 Å². The number of hydrogen-bond acceptors (Lipinski definition) is 7. The molecule has 0 radical (unpaired) electrons. The van der Waals surface area contributed by atoms with Crippen molar-refractivity contribution in [2.75, 3.05) is 39.5 Å². The lowest BCUT2D eigenvalue weighted by atomic mass is 10.1. The smallest absolute Gasteiger partial charge is 0.294 e. The van der Waals surface area contributed by atoms with Gasteiger partial charge in [-0.15, -0.1) is 0 Å². The third kappa shape index (κ3) is 5.80. The first-order valence-corrected chi connectivity index (χ1v) is 11.3. The van der Waals surface area contributed by atoms with Crippen LogP contribution in [0, 0.1) is 0 Å². The molecule has 168 valence electrons. The van der Waals surface area contributed by atoms with Crippen molar-refractivity contribution in [1.82, 2.24) is 9.80 Å². The van der Waals surface area contributed by atoms with E-state index in [2.05, 4.69) is 0 Å². The summed E-state index contributed by atoms with van der Waals surface area (Å²) in [6.07, 6.45) is 2.55. The lowest BCUT2D eigenvalue weighted by molar-refractivity contribution is -0.139. The van der Waals surface area contributed by atoms with Crippen LogP contribution >= 0.6 is 11.8 Å². The van der Waals surface area contributed by atoms with E-state index < -0.39 is 11.1 Å². The summed E-state index contributed by atoms with van der Waals surface area (Å²) in [6.45, 7) is 7.99. The highest BCUT2D eigenvalue weighted by atomic mass is 32.2. The maximum atomic E-state index is 12.8. The highest BCUT2D eigenvalue weighted by molar-refractivity contribution is 8.18. The predicted octanol–water partition coefficient (Wildman–Crippen LogP) is 3.16. The van der Waals surface area contributed by atoms with E-state index in [0.29, 0.717) is 50.0 Å². The van der Waals surface area contributed by atoms with Crippen LogP contribution in [0.25, 0.3) is 6.08 Å². The summed E-state index contributed by atoms with van der Waals surface area (Å²) < 4.78 is 16.8. The third-order valence-electron chi connectivity index (χ3n) is 5.00. The van der Waals surface area contributed by atoms with Gasteiger partial charge in [0, 0.05) is 13.1 Å². The number of thioether (sulfide) groups is 1. The number of ether oxygens (including phenoxy) is 3. The molecule has 0 aliphatic carbocycles. The van der Waals surface area contributed by atoms with E-state index in [1.54, 1.807) is 23.1 Å². The number of nitrogens with zero attached hydrogens (tertiary/aromatic N) is 2. The van der Waals surface area contributed by atoms with Crippen LogP contribution in [0.2, 0.25) is 0 Å². The first-order valence-electron chi connectivity index (χ1n) is 10.5. The molecule has 1 aromatic rings. The zero-order chi connectivity index (χ0) is 22.4. The molecule has 3 amide bonds. The predicted molar refractivity (Wildman–Crippen MR) is 118 cm³/mol. The monoisotopic (exact) mass is 448 g/mol. The molecule has 9 heteroatoms. The molecule has 0 aromatic heterocycles. The number of carbonyl (C=O) groups is 3. The van der Waals surface area contributed by atoms with Crippen LogP contribution in [0.1, 0.15) is 32.8 Å². The fourth-order valence-electron chi connectivity index (χ4n) is 3.12. The molecule has 2 fully saturated rings. The van der Waals surface area contributed by atoms with Crippen LogP contribution in [-0.2, 0) is 14.3 Å². The SMILES string of the molecule is CCOc1cc(/C=C2\SC(=O)N(CC(=O)N3CCOCC3)C2=O)ccc1OC(C)CC. The molecular formula is C22H28N2O6S. The first-order chi connectivity index (χ1) is 14.9. The minimum Gasteiger partial charge on any atom is -0.490 e. The maximum Gasteiger partial charge on any atom is 0.294 e. The Kier molecular flexibility index (Phi) is 7.97. The zero-order valence-electron chi connectivity index (χ0n) is 18.1. The van der Waals surface area contributed by atoms with Gasteiger partial charge in [-0.25, -0.2) is 0 Å². The van der Waals surface area contributed by atoms with Gasteiger partial charge in [-0.05, 0) is 55.8 Å². The van der Waals surface area contributed by atoms with Gasteiger partial charge in [0.05, 0.1) is 30.8 Å². The van der Waals surface area contributed by atoms with E-state index in [0.717, 1.165) is 23.1 Å². The van der Waals surface area contributed by atoms with Gasteiger partial charge in [0.1, 0.15) is 6.54 Å². The van der Waals surface area contributed by atoms with Crippen LogP contribution in [0.5, 0.6) is 11.5 Å². The molecule has 1 aromatic carbocycles. The molecule has 0 spiro atoms. The number of morpholine rings is 1. The van der Waals surface area contributed by atoms with Gasteiger partial charge in [-0.3, -0.25) is 19.3 Å². The Morgan fingerprint density at radius 3 is 2.65 bits per heavy atom. The molecule has 2 saturated heterocycles. The molecular weight excluding hydrogens is 420 g/mol. The second-order valence-corrected chi connectivity index (χ2v) is 8.23. The number of imide groups is 1. The van der Waals surface area contributed by atoms with E-state index in [-0.39, 0.29) is 23.5 Å². The second kappa shape index (κ2) is 10.7. The van der Waals surface area contributed by atoms with Crippen molar-refractivity contribution in [2.24, 2.45) is 0 Å². The van der Waals surface area contributed by atoms with E-state index in [9.17, 15) is 14.4 Å². The Labute approximate surface area is 186 Å². The van der Waals surface area contributed by atoms with Gasteiger partial charge < -0.3 is 19.1 Å². The maximum absolute atomic E-state index is 12.8. The Bertz CT molecular complexity index is 866. The van der Waals surface area contributed by atoms with Crippen molar-refractivity contribution >= 4 is 34.9 Å². The molecule has 0 N–H and O–H groups in total. The summed E-state index contributed by atoms with van der Waals surface area (Å²) in [5.74, 6) is 0.502. The lowest BCUT2D eigenvalue weighted by Crippen LogP contribution is -2.46. The summed E-state index contributed by atoms with van der Waals surface area (Å²) in [5.41, 5.74) is 0.713. The summed E-state index contributed by atoms with van der Waals surface area (Å²) in [4.78, 5) is 40.5. The van der Waals surface area contributed by atoms with Crippen molar-refractivity contribution < 1.29 is 28.6 Å². The molecule has 2 heterocycles. The molecule has 0 bridgehead atoms. The van der Waals surface area contributed by atoms with Crippen molar-refractivity contribution in [3.63, 3.8) is 0 Å². The summed E-state index contributed by atoms with van der Waals surface area (Å²) in [5, 5.41) is -0.445. The standard InChI is InChI=1S/C22H28N2O6S/c1-4-15(3)30-17-7-6-16(12-18(17)29-5-2)13-19-21(26)24(22(27)31-19)14-20(25)23-8-10-28-11-9-23/h6-7,12-13,15H,4-5,8-11,14H2,1-3H3/b19-13-. The van der Waals surface area contributed by atoms with Gasteiger partial charge in [0.25, 0.3) is 11.1 Å². The van der Waals surface area contributed by atoms with Crippen LogP contribution in [0.15, 0.2) is 23.1 Å². The Hall–Kier alpha value is -2.52. The highest BCUT2D eigenvalue weighted by Crippen LogP contribution is 2.35. The van der Waals surface area contributed by atoms with Crippen LogP contribution in [-0.4, -0.2) is 72.4 Å². The lowest BCUT2D eigenvalue weighted by Gasteiger charge is -2.28. The fraction of sp³-hybridized carbons (Fsp3) is 0.500. The molecule has 2 aliphatic rings. The van der Waals surface area contributed by atoms with Gasteiger partial charge >= 0.3 is 0 Å². The van der Waals surface area contributed by atoms with Crippen LogP contribution in [0.3, 0.4) is 0 Å². The van der Waals surface area contributed by atoms with E-state index in [4.69, 9.17) is 14.2 Å². The Balaban J connectivity index is 1.74. The first kappa shape index (κ1) is 23.1. The number of carbonyl (C=O) groups excluding carboxylic acids is 3. The molecule has 3 rings (SSSR count). The van der Waals surface area contributed by atoms with Crippen molar-refractivity contribution in [3.8, 4) is 11.5 Å². The topological polar surface area (TPSA) is 85.4 Å². The van der Waals surface area contributed by atoms with E-state index in [1.165, 1.54) is 0 Å². The summed E-state index contributed by atoms with van der Waals surface area (Å²) >= 11 is 0.834. The second-order valence-electron chi connectivity index (χ2n) is 7.24. The average molecular weight is 449 g/mol. The van der Waals surface area contributed by atoms with Crippen molar-refractivity contribution in [1.29, 1.82) is 0 Å².